The molecule has 0 amide bonds. The zero-order valence-corrected chi connectivity index (χ0v) is 8.22. The van der Waals surface area contributed by atoms with Gasteiger partial charge in [-0.15, -0.1) is 0 Å². The van der Waals surface area contributed by atoms with Crippen LogP contribution in [0.4, 0.5) is 5.69 Å². The van der Waals surface area contributed by atoms with Crippen LogP contribution in [0, 0.1) is 0 Å². The van der Waals surface area contributed by atoms with Crippen LogP contribution in [0.1, 0.15) is 23.3 Å². The minimum Gasteiger partial charge on any atom is -0.476 e. The molecule has 1 fully saturated rings. The summed E-state index contributed by atoms with van der Waals surface area (Å²) >= 11 is 0. The van der Waals surface area contributed by atoms with E-state index in [0.29, 0.717) is 6.54 Å². The van der Waals surface area contributed by atoms with Crippen molar-refractivity contribution in [2.45, 2.75) is 25.5 Å². The van der Waals surface area contributed by atoms with Gasteiger partial charge in [0.05, 0.1) is 18.3 Å². The largest absolute Gasteiger partial charge is 0.476 e. The molecule has 82 valence electrons. The average Bonchev–Trinajstić information content (AvgIpc) is 2.75. The molecule has 6 nitrogen and oxygen atoms in total. The molecule has 0 bridgehead atoms. The molecule has 0 aliphatic carbocycles. The molecule has 1 aromatic rings. The molecule has 3 N–H and O–H groups in total. The minimum atomic E-state index is -1.10. The summed E-state index contributed by atoms with van der Waals surface area (Å²) in [4.78, 5) is 10.7. The molecule has 1 aliphatic rings. The van der Waals surface area contributed by atoms with E-state index in [2.05, 4.69) is 5.10 Å². The number of hydrogen-bond acceptors (Lipinski definition) is 4. The Hall–Kier alpha value is -1.56. The molecule has 0 saturated carbocycles. The fraction of sp³-hybridized carbons (Fsp3) is 0.556. The minimum absolute atomic E-state index is 0.0898. The van der Waals surface area contributed by atoms with Crippen LogP contribution in [0.3, 0.4) is 0 Å². The number of carboxylic acids is 1. The molecular weight excluding hydrogens is 198 g/mol. The molecule has 2 rings (SSSR count). The molecule has 0 radical (unpaired) electrons. The van der Waals surface area contributed by atoms with Gasteiger partial charge >= 0.3 is 5.97 Å². The van der Waals surface area contributed by atoms with Crippen LogP contribution < -0.4 is 5.73 Å². The van der Waals surface area contributed by atoms with Gasteiger partial charge < -0.3 is 15.6 Å². The third kappa shape index (κ3) is 2.10. The first-order valence-electron chi connectivity index (χ1n) is 4.84. The summed E-state index contributed by atoms with van der Waals surface area (Å²) in [6.45, 7) is 1.34. The van der Waals surface area contributed by atoms with Crippen LogP contribution in [0.2, 0.25) is 0 Å². The zero-order chi connectivity index (χ0) is 10.8. The van der Waals surface area contributed by atoms with Crippen molar-refractivity contribution in [1.29, 1.82) is 0 Å². The number of aromatic carboxylic acids is 1. The standard InChI is InChI=1S/C9H13N3O3/c10-7-5-12(11-8(7)9(13)14)4-6-2-1-3-15-6/h5-6H,1-4,10H2,(H,13,14)/t6-/m1/s1. The predicted molar refractivity (Wildman–Crippen MR) is 52.6 cm³/mol. The van der Waals surface area contributed by atoms with Gasteiger partial charge in [0, 0.05) is 12.8 Å². The predicted octanol–water partition coefficient (Wildman–Crippen LogP) is 0.343. The number of anilines is 1. The smallest absolute Gasteiger partial charge is 0.358 e. The van der Waals surface area contributed by atoms with Gasteiger partial charge in [0.2, 0.25) is 0 Å². The van der Waals surface area contributed by atoms with Crippen LogP contribution in [-0.2, 0) is 11.3 Å². The molecule has 6 heteroatoms. The van der Waals surface area contributed by atoms with Crippen molar-refractivity contribution >= 4 is 11.7 Å². The number of rotatable bonds is 3. The Balaban J connectivity index is 2.08. The van der Waals surface area contributed by atoms with Crippen molar-refractivity contribution in [3.8, 4) is 0 Å². The van der Waals surface area contributed by atoms with Gasteiger partial charge in [-0.1, -0.05) is 0 Å². The van der Waals surface area contributed by atoms with Gasteiger partial charge in [0.15, 0.2) is 5.69 Å². The Bertz CT molecular complexity index is 369. The maximum absolute atomic E-state index is 10.7. The maximum Gasteiger partial charge on any atom is 0.358 e. The number of hydrogen-bond donors (Lipinski definition) is 2. The zero-order valence-electron chi connectivity index (χ0n) is 8.22. The van der Waals surface area contributed by atoms with Gasteiger partial charge in [-0.25, -0.2) is 4.79 Å². The Morgan fingerprint density at radius 1 is 1.80 bits per heavy atom. The Morgan fingerprint density at radius 2 is 2.60 bits per heavy atom. The lowest BCUT2D eigenvalue weighted by molar-refractivity contribution is 0.0686. The number of carboxylic acid groups (broad SMARTS) is 1. The van der Waals surface area contributed by atoms with Crippen LogP contribution >= 0.6 is 0 Å². The van der Waals surface area contributed by atoms with E-state index in [1.165, 1.54) is 10.9 Å². The first-order valence-corrected chi connectivity index (χ1v) is 4.84. The van der Waals surface area contributed by atoms with E-state index in [1.54, 1.807) is 0 Å². The lowest BCUT2D eigenvalue weighted by Crippen LogP contribution is -2.15. The lowest BCUT2D eigenvalue weighted by Gasteiger charge is -2.08. The summed E-state index contributed by atoms with van der Waals surface area (Å²) in [5, 5.41) is 12.6. The maximum atomic E-state index is 10.7. The fourth-order valence-electron chi connectivity index (χ4n) is 1.69. The van der Waals surface area contributed by atoms with Crippen molar-refractivity contribution in [1.82, 2.24) is 9.78 Å². The Kier molecular flexibility index (Phi) is 2.59. The van der Waals surface area contributed by atoms with Crippen LogP contribution in [0.5, 0.6) is 0 Å². The van der Waals surface area contributed by atoms with Crippen molar-refractivity contribution in [3.63, 3.8) is 0 Å². The van der Waals surface area contributed by atoms with Crippen molar-refractivity contribution in [2.24, 2.45) is 0 Å². The number of ether oxygens (including phenoxy) is 1. The van der Waals surface area contributed by atoms with Crippen LogP contribution in [0.15, 0.2) is 6.20 Å². The summed E-state index contributed by atoms with van der Waals surface area (Å²) in [6, 6.07) is 0. The highest BCUT2D eigenvalue weighted by atomic mass is 16.5. The molecule has 15 heavy (non-hydrogen) atoms. The molecule has 2 heterocycles. The van der Waals surface area contributed by atoms with Crippen molar-refractivity contribution < 1.29 is 14.6 Å². The van der Waals surface area contributed by atoms with Gasteiger partial charge in [0.25, 0.3) is 0 Å². The van der Waals surface area contributed by atoms with Crippen molar-refractivity contribution in [3.05, 3.63) is 11.9 Å². The number of nitrogen functional groups attached to an aromatic ring is 1. The summed E-state index contributed by atoms with van der Waals surface area (Å²) in [6.07, 6.45) is 3.70. The van der Waals surface area contributed by atoms with E-state index in [1.807, 2.05) is 0 Å². The topological polar surface area (TPSA) is 90.4 Å². The second-order valence-electron chi connectivity index (χ2n) is 3.60. The second-order valence-corrected chi connectivity index (χ2v) is 3.60. The SMILES string of the molecule is Nc1cn(C[C@H]2CCCO2)nc1C(=O)O. The lowest BCUT2D eigenvalue weighted by atomic mass is 10.2. The molecular formula is C9H13N3O3. The molecule has 1 aliphatic heterocycles. The van der Waals surface area contributed by atoms with E-state index in [0.717, 1.165) is 19.4 Å². The van der Waals surface area contributed by atoms with E-state index in [9.17, 15) is 4.79 Å². The number of aromatic nitrogens is 2. The summed E-state index contributed by atoms with van der Waals surface area (Å²) in [5.74, 6) is -1.10. The summed E-state index contributed by atoms with van der Waals surface area (Å²) in [5.41, 5.74) is 5.62. The molecule has 1 aromatic heterocycles. The third-order valence-corrected chi connectivity index (χ3v) is 2.41. The average molecular weight is 211 g/mol. The first-order chi connectivity index (χ1) is 7.16. The third-order valence-electron chi connectivity index (χ3n) is 2.41. The Labute approximate surface area is 86.6 Å². The summed E-state index contributed by atoms with van der Waals surface area (Å²) in [7, 11) is 0. The van der Waals surface area contributed by atoms with E-state index >= 15 is 0 Å². The number of carbonyl (C=O) groups is 1. The summed E-state index contributed by atoms with van der Waals surface area (Å²) < 4.78 is 6.95. The highest BCUT2D eigenvalue weighted by Crippen LogP contribution is 2.15. The fourth-order valence-corrected chi connectivity index (χ4v) is 1.69. The second kappa shape index (κ2) is 3.90. The molecule has 1 atom stereocenters. The first kappa shape index (κ1) is 9.97. The highest BCUT2D eigenvalue weighted by Gasteiger charge is 2.19. The van der Waals surface area contributed by atoms with Gasteiger partial charge in [-0.3, -0.25) is 4.68 Å². The molecule has 0 unspecified atom stereocenters. The van der Waals surface area contributed by atoms with Gasteiger partial charge in [-0.05, 0) is 12.8 Å². The highest BCUT2D eigenvalue weighted by molar-refractivity contribution is 5.91. The van der Waals surface area contributed by atoms with Crippen molar-refractivity contribution in [2.75, 3.05) is 12.3 Å². The van der Waals surface area contributed by atoms with E-state index in [4.69, 9.17) is 15.6 Å². The normalized spacial score (nSPS) is 20.7. The van der Waals surface area contributed by atoms with E-state index < -0.39 is 5.97 Å². The van der Waals surface area contributed by atoms with E-state index in [-0.39, 0.29) is 17.5 Å². The Morgan fingerprint density at radius 3 is 3.13 bits per heavy atom. The van der Waals surface area contributed by atoms with Gasteiger partial charge in [-0.2, -0.15) is 5.10 Å². The molecule has 1 saturated heterocycles. The number of nitrogens with two attached hydrogens (primary N) is 1. The van der Waals surface area contributed by atoms with Crippen LogP contribution in [-0.4, -0.2) is 33.6 Å². The molecule has 0 spiro atoms. The monoisotopic (exact) mass is 211 g/mol. The molecule has 0 aromatic carbocycles. The van der Waals surface area contributed by atoms with Crippen LogP contribution in [0.25, 0.3) is 0 Å². The quantitative estimate of drug-likeness (QED) is 0.752. The number of nitrogens with zero attached hydrogens (tertiary/aromatic N) is 2. The van der Waals surface area contributed by atoms with Gasteiger partial charge in [0.1, 0.15) is 0 Å².